The molecular formula is C19H29N3O3S2. The Kier molecular flexibility index (Phi) is 6.50. The molecule has 0 unspecified atom stereocenters. The molecule has 0 radical (unpaired) electrons. The average Bonchev–Trinajstić information content (AvgIpc) is 2.67. The fraction of sp³-hybridized carbons (Fsp3) is 0.632. The number of piperidine rings is 2. The monoisotopic (exact) mass is 411 g/mol. The largest absolute Gasteiger partial charge is 0.339 e. The summed E-state index contributed by atoms with van der Waals surface area (Å²) in [7, 11) is -0.242. The second-order valence-electron chi connectivity index (χ2n) is 7.52. The van der Waals surface area contributed by atoms with Crippen LogP contribution in [0.5, 0.6) is 0 Å². The number of likely N-dealkylation sites (tertiary alicyclic amines) is 1. The van der Waals surface area contributed by atoms with Crippen LogP contribution in [0.15, 0.2) is 29.2 Å². The molecule has 2 atom stereocenters. The maximum atomic E-state index is 12.9. The molecule has 0 aliphatic carbocycles. The second-order valence-corrected chi connectivity index (χ2v) is 10.5. The molecule has 2 aliphatic rings. The van der Waals surface area contributed by atoms with Gasteiger partial charge in [-0.05, 0) is 49.1 Å². The van der Waals surface area contributed by atoms with Gasteiger partial charge in [0.05, 0.1) is 6.42 Å². The zero-order valence-electron chi connectivity index (χ0n) is 16.3. The molecule has 3 rings (SSSR count). The first kappa shape index (κ1) is 20.6. The van der Waals surface area contributed by atoms with Crippen molar-refractivity contribution in [2.24, 2.45) is 5.92 Å². The van der Waals surface area contributed by atoms with E-state index in [-0.39, 0.29) is 17.9 Å². The van der Waals surface area contributed by atoms with Gasteiger partial charge in [-0.1, -0.05) is 12.1 Å². The Bertz CT molecular complexity index is 765. The second kappa shape index (κ2) is 8.51. The molecule has 0 bridgehead atoms. The fourth-order valence-electron chi connectivity index (χ4n) is 4.14. The third kappa shape index (κ3) is 4.50. The highest BCUT2D eigenvalue weighted by molar-refractivity contribution is 7.98. The zero-order chi connectivity index (χ0) is 19.6. The molecule has 0 aromatic heterocycles. The van der Waals surface area contributed by atoms with Gasteiger partial charge in [-0.3, -0.25) is 4.79 Å². The van der Waals surface area contributed by atoms with Gasteiger partial charge in [-0.15, -0.1) is 11.8 Å². The van der Waals surface area contributed by atoms with Crippen LogP contribution in [-0.4, -0.2) is 73.9 Å². The molecule has 150 valence electrons. The van der Waals surface area contributed by atoms with Crippen molar-refractivity contribution in [1.29, 1.82) is 0 Å². The van der Waals surface area contributed by atoms with Gasteiger partial charge in [0, 0.05) is 44.7 Å². The van der Waals surface area contributed by atoms with Crippen molar-refractivity contribution in [3.8, 4) is 0 Å². The molecule has 2 aliphatic heterocycles. The number of hydrogen-bond acceptors (Lipinski definition) is 4. The van der Waals surface area contributed by atoms with Gasteiger partial charge in [0.25, 0.3) is 10.2 Å². The normalized spacial score (nSPS) is 24.1. The van der Waals surface area contributed by atoms with Crippen LogP contribution in [0, 0.1) is 5.92 Å². The highest BCUT2D eigenvalue weighted by atomic mass is 32.2. The van der Waals surface area contributed by atoms with E-state index < -0.39 is 10.2 Å². The van der Waals surface area contributed by atoms with Crippen molar-refractivity contribution in [1.82, 2.24) is 13.5 Å². The Morgan fingerprint density at radius 1 is 1.19 bits per heavy atom. The quantitative estimate of drug-likeness (QED) is 0.696. The Morgan fingerprint density at radius 2 is 1.89 bits per heavy atom. The van der Waals surface area contributed by atoms with E-state index in [0.29, 0.717) is 19.5 Å². The summed E-state index contributed by atoms with van der Waals surface area (Å²) in [6.07, 6.45) is 5.09. The van der Waals surface area contributed by atoms with Gasteiger partial charge in [-0.25, -0.2) is 0 Å². The third-order valence-electron chi connectivity index (χ3n) is 5.65. The Morgan fingerprint density at radius 3 is 2.52 bits per heavy atom. The van der Waals surface area contributed by atoms with E-state index >= 15 is 0 Å². The van der Waals surface area contributed by atoms with Crippen LogP contribution in [-0.2, 0) is 21.4 Å². The fourth-order valence-corrected chi connectivity index (χ4v) is 5.73. The topological polar surface area (TPSA) is 60.9 Å². The van der Waals surface area contributed by atoms with Crippen LogP contribution >= 0.6 is 11.8 Å². The minimum atomic E-state index is -3.38. The molecule has 27 heavy (non-hydrogen) atoms. The third-order valence-corrected chi connectivity index (χ3v) is 8.30. The maximum Gasteiger partial charge on any atom is 0.281 e. The van der Waals surface area contributed by atoms with Crippen molar-refractivity contribution in [3.63, 3.8) is 0 Å². The van der Waals surface area contributed by atoms with Crippen LogP contribution in [0.1, 0.15) is 24.8 Å². The van der Waals surface area contributed by atoms with Crippen molar-refractivity contribution in [2.45, 2.75) is 36.6 Å². The van der Waals surface area contributed by atoms with Crippen LogP contribution in [0.4, 0.5) is 0 Å². The lowest BCUT2D eigenvalue weighted by molar-refractivity contribution is -0.137. The number of thioether (sulfide) groups is 1. The molecule has 2 heterocycles. The number of amides is 1. The summed E-state index contributed by atoms with van der Waals surface area (Å²) in [4.78, 5) is 16.1. The summed E-state index contributed by atoms with van der Waals surface area (Å²) in [6, 6.07) is 8.31. The number of nitrogens with zero attached hydrogens (tertiary/aromatic N) is 3. The summed E-state index contributed by atoms with van der Waals surface area (Å²) in [5.41, 5.74) is 1.03. The van der Waals surface area contributed by atoms with Crippen LogP contribution in [0.3, 0.4) is 0 Å². The standard InChI is InChI=1S/C19H29N3O3S2/c1-20(2)27(24,25)21-12-10-18-16(14-21)5-4-11-22(18)19(23)13-15-6-8-17(26-3)9-7-15/h6-9,16,18H,4-5,10-14H2,1-3H3/t16-,18+/m1/s1. The van der Waals surface area contributed by atoms with E-state index in [4.69, 9.17) is 0 Å². The zero-order valence-corrected chi connectivity index (χ0v) is 17.9. The van der Waals surface area contributed by atoms with E-state index in [9.17, 15) is 13.2 Å². The summed E-state index contributed by atoms with van der Waals surface area (Å²) in [6.45, 7) is 1.77. The van der Waals surface area contributed by atoms with E-state index in [1.807, 2.05) is 23.3 Å². The molecule has 2 fully saturated rings. The Hall–Kier alpha value is -1.09. The maximum absolute atomic E-state index is 12.9. The van der Waals surface area contributed by atoms with Crippen molar-refractivity contribution >= 4 is 27.9 Å². The minimum absolute atomic E-state index is 0.158. The minimum Gasteiger partial charge on any atom is -0.339 e. The molecular weight excluding hydrogens is 382 g/mol. The predicted octanol–water partition coefficient (Wildman–Crippen LogP) is 2.07. The number of benzene rings is 1. The molecule has 6 nitrogen and oxygen atoms in total. The van der Waals surface area contributed by atoms with Gasteiger partial charge < -0.3 is 4.90 Å². The molecule has 0 saturated carbocycles. The molecule has 1 amide bonds. The van der Waals surface area contributed by atoms with Crippen molar-refractivity contribution < 1.29 is 13.2 Å². The van der Waals surface area contributed by atoms with Gasteiger partial charge in [0.2, 0.25) is 5.91 Å². The highest BCUT2D eigenvalue weighted by Crippen LogP contribution is 2.32. The lowest BCUT2D eigenvalue weighted by Gasteiger charge is -2.47. The smallest absolute Gasteiger partial charge is 0.281 e. The Labute approximate surface area is 167 Å². The van der Waals surface area contributed by atoms with Gasteiger partial charge >= 0.3 is 0 Å². The van der Waals surface area contributed by atoms with E-state index in [1.54, 1.807) is 30.2 Å². The number of fused-ring (bicyclic) bond motifs is 1. The van der Waals surface area contributed by atoms with Crippen molar-refractivity contribution in [2.75, 3.05) is 40.0 Å². The van der Waals surface area contributed by atoms with Crippen molar-refractivity contribution in [3.05, 3.63) is 29.8 Å². The van der Waals surface area contributed by atoms with Crippen LogP contribution in [0.25, 0.3) is 0 Å². The molecule has 2 saturated heterocycles. The lowest BCUT2D eigenvalue weighted by Crippen LogP contribution is -2.58. The van der Waals surface area contributed by atoms with Gasteiger partial charge in [-0.2, -0.15) is 17.0 Å². The predicted molar refractivity (Wildman–Crippen MR) is 109 cm³/mol. The SMILES string of the molecule is CSc1ccc(CC(=O)N2CCC[C@@H]3CN(S(=O)(=O)N(C)C)CC[C@@H]32)cc1. The summed E-state index contributed by atoms with van der Waals surface area (Å²) < 4.78 is 27.7. The molecule has 1 aromatic rings. The summed E-state index contributed by atoms with van der Waals surface area (Å²) >= 11 is 1.69. The first-order valence-corrected chi connectivity index (χ1v) is 12.0. The molecule has 1 aromatic carbocycles. The summed E-state index contributed by atoms with van der Waals surface area (Å²) in [5, 5.41) is 0. The highest BCUT2D eigenvalue weighted by Gasteiger charge is 2.41. The van der Waals surface area contributed by atoms with E-state index in [1.165, 1.54) is 9.20 Å². The van der Waals surface area contributed by atoms with Gasteiger partial charge in [0.15, 0.2) is 0 Å². The van der Waals surface area contributed by atoms with Crippen LogP contribution in [0.2, 0.25) is 0 Å². The average molecular weight is 412 g/mol. The van der Waals surface area contributed by atoms with Crippen LogP contribution < -0.4 is 0 Å². The first-order valence-electron chi connectivity index (χ1n) is 9.43. The number of carbonyl (C=O) groups is 1. The lowest BCUT2D eigenvalue weighted by atomic mass is 9.84. The van der Waals surface area contributed by atoms with Gasteiger partial charge in [0.1, 0.15) is 0 Å². The summed E-state index contributed by atoms with van der Waals surface area (Å²) in [5.74, 6) is 0.385. The van der Waals surface area contributed by atoms with E-state index in [2.05, 4.69) is 12.1 Å². The first-order chi connectivity index (χ1) is 12.8. The Balaban J connectivity index is 1.66. The number of hydrogen-bond donors (Lipinski definition) is 0. The molecule has 8 heteroatoms. The molecule has 0 N–H and O–H groups in total. The number of rotatable bonds is 5. The number of carbonyl (C=O) groups excluding carboxylic acids is 1. The van der Waals surface area contributed by atoms with E-state index in [0.717, 1.165) is 31.4 Å². The molecule has 0 spiro atoms.